The first-order chi connectivity index (χ1) is 8.61. The van der Waals surface area contributed by atoms with Crippen LogP contribution in [0.25, 0.3) is 11.1 Å². The van der Waals surface area contributed by atoms with Crippen LogP contribution < -0.4 is 0 Å². The van der Waals surface area contributed by atoms with Crippen molar-refractivity contribution in [2.75, 3.05) is 0 Å². The van der Waals surface area contributed by atoms with E-state index in [1.54, 1.807) is 30.3 Å². The Balaban J connectivity index is 2.54. The predicted octanol–water partition coefficient (Wildman–Crippen LogP) is 2.84. The number of hydrogen-bond acceptors (Lipinski definition) is 4. The highest BCUT2D eigenvalue weighted by Gasteiger charge is 2.14. The Hall–Kier alpha value is -2.87. The van der Waals surface area contributed by atoms with Gasteiger partial charge in [-0.15, -0.1) is 0 Å². The van der Waals surface area contributed by atoms with Crippen LogP contribution >= 0.6 is 0 Å². The fourth-order valence-electron chi connectivity index (χ4n) is 1.62. The van der Waals surface area contributed by atoms with Crippen LogP contribution in [0.15, 0.2) is 42.5 Å². The van der Waals surface area contributed by atoms with Crippen LogP contribution in [0.2, 0.25) is 0 Å². The Morgan fingerprint density at radius 2 is 1.89 bits per heavy atom. The molecule has 0 spiro atoms. The first kappa shape index (κ1) is 11.6. The zero-order valence-corrected chi connectivity index (χ0v) is 9.20. The van der Waals surface area contributed by atoms with E-state index in [0.717, 1.165) is 0 Å². The lowest BCUT2D eigenvalue weighted by molar-refractivity contribution is -0.385. The molecule has 88 valence electrons. The summed E-state index contributed by atoms with van der Waals surface area (Å²) >= 11 is 0. The van der Waals surface area contributed by atoms with E-state index in [2.05, 4.69) is 0 Å². The number of rotatable bonds is 2. The summed E-state index contributed by atoms with van der Waals surface area (Å²) in [5, 5.41) is 28.9. The third-order valence-corrected chi connectivity index (χ3v) is 2.50. The molecule has 0 aliphatic rings. The number of phenols is 1. The molecule has 0 saturated carbocycles. The molecule has 18 heavy (non-hydrogen) atoms. The molecule has 5 heteroatoms. The fraction of sp³-hybridized carbons (Fsp3) is 0. The van der Waals surface area contributed by atoms with Crippen molar-refractivity contribution in [3.05, 3.63) is 58.1 Å². The Labute approximate surface area is 103 Å². The topological polar surface area (TPSA) is 87.2 Å². The molecule has 0 fully saturated rings. The largest absolute Gasteiger partial charge is 0.502 e. The van der Waals surface area contributed by atoms with Gasteiger partial charge < -0.3 is 5.11 Å². The van der Waals surface area contributed by atoms with Crippen LogP contribution in [0.3, 0.4) is 0 Å². The van der Waals surface area contributed by atoms with E-state index in [0.29, 0.717) is 16.7 Å². The third kappa shape index (κ3) is 2.13. The molecule has 0 heterocycles. The van der Waals surface area contributed by atoms with Crippen LogP contribution in [0.4, 0.5) is 5.69 Å². The summed E-state index contributed by atoms with van der Waals surface area (Å²) in [6.45, 7) is 0. The highest BCUT2D eigenvalue weighted by Crippen LogP contribution is 2.31. The van der Waals surface area contributed by atoms with Gasteiger partial charge in [-0.2, -0.15) is 5.26 Å². The van der Waals surface area contributed by atoms with Gasteiger partial charge in [-0.05, 0) is 29.3 Å². The van der Waals surface area contributed by atoms with Crippen molar-refractivity contribution in [2.45, 2.75) is 0 Å². The van der Waals surface area contributed by atoms with Crippen molar-refractivity contribution in [3.8, 4) is 22.9 Å². The number of nitro groups is 1. The third-order valence-electron chi connectivity index (χ3n) is 2.50. The van der Waals surface area contributed by atoms with E-state index < -0.39 is 4.92 Å². The number of benzene rings is 2. The molecule has 0 aliphatic carbocycles. The Kier molecular flexibility index (Phi) is 2.94. The summed E-state index contributed by atoms with van der Waals surface area (Å²) in [4.78, 5) is 10.1. The zero-order chi connectivity index (χ0) is 13.1. The number of aromatic hydroxyl groups is 1. The number of phenolic OH excluding ortho intramolecular Hbond substituents is 1. The lowest BCUT2D eigenvalue weighted by Gasteiger charge is -2.03. The summed E-state index contributed by atoms with van der Waals surface area (Å²) in [5.41, 5.74) is 1.40. The molecule has 1 N–H and O–H groups in total. The molecule has 0 radical (unpaired) electrons. The molecule has 5 nitrogen and oxygen atoms in total. The first-order valence-electron chi connectivity index (χ1n) is 5.10. The predicted molar refractivity (Wildman–Crippen MR) is 64.9 cm³/mol. The highest BCUT2D eigenvalue weighted by atomic mass is 16.6. The molecule has 0 aliphatic heterocycles. The molecule has 0 aromatic heterocycles. The second-order valence-corrected chi connectivity index (χ2v) is 3.65. The second kappa shape index (κ2) is 4.55. The number of nitro benzene ring substituents is 1. The summed E-state index contributed by atoms with van der Waals surface area (Å²) in [7, 11) is 0. The Morgan fingerprint density at radius 1 is 1.17 bits per heavy atom. The molecule has 2 rings (SSSR count). The van der Waals surface area contributed by atoms with Gasteiger partial charge in [0.15, 0.2) is 5.75 Å². The molecule has 0 amide bonds. The zero-order valence-electron chi connectivity index (χ0n) is 9.20. The van der Waals surface area contributed by atoms with Crippen LogP contribution in [-0.2, 0) is 0 Å². The quantitative estimate of drug-likeness (QED) is 0.645. The van der Waals surface area contributed by atoms with Gasteiger partial charge in [-0.25, -0.2) is 0 Å². The minimum Gasteiger partial charge on any atom is -0.502 e. The SMILES string of the molecule is N#Cc1cccc(-c2ccc(O)c([N+](=O)[O-])c2)c1. The summed E-state index contributed by atoms with van der Waals surface area (Å²) < 4.78 is 0. The average Bonchev–Trinajstić information content (AvgIpc) is 2.39. The average molecular weight is 240 g/mol. The molecule has 0 saturated heterocycles. The van der Waals surface area contributed by atoms with Gasteiger partial charge >= 0.3 is 5.69 Å². The maximum atomic E-state index is 10.7. The number of nitriles is 1. The van der Waals surface area contributed by atoms with E-state index in [1.165, 1.54) is 12.1 Å². The summed E-state index contributed by atoms with van der Waals surface area (Å²) in [5.74, 6) is -0.375. The van der Waals surface area contributed by atoms with Crippen LogP contribution in [0, 0.1) is 21.4 Å². The number of nitrogens with zero attached hydrogens (tertiary/aromatic N) is 2. The summed E-state index contributed by atoms with van der Waals surface area (Å²) in [6.07, 6.45) is 0. The monoisotopic (exact) mass is 240 g/mol. The Morgan fingerprint density at radius 3 is 2.56 bits per heavy atom. The van der Waals surface area contributed by atoms with E-state index in [4.69, 9.17) is 5.26 Å². The molecular weight excluding hydrogens is 232 g/mol. The molecule has 2 aromatic carbocycles. The summed E-state index contributed by atoms with van der Waals surface area (Å²) in [6, 6.07) is 12.9. The minimum atomic E-state index is -0.646. The van der Waals surface area contributed by atoms with Gasteiger partial charge in [0.2, 0.25) is 0 Å². The maximum absolute atomic E-state index is 10.7. The van der Waals surface area contributed by atoms with Crippen molar-refractivity contribution in [3.63, 3.8) is 0 Å². The molecule has 2 aromatic rings. The van der Waals surface area contributed by atoms with E-state index in [-0.39, 0.29) is 11.4 Å². The molecule has 0 unspecified atom stereocenters. The van der Waals surface area contributed by atoms with Crippen molar-refractivity contribution in [1.82, 2.24) is 0 Å². The van der Waals surface area contributed by atoms with Crippen LogP contribution in [0.5, 0.6) is 5.75 Å². The van der Waals surface area contributed by atoms with E-state index >= 15 is 0 Å². The van der Waals surface area contributed by atoms with Crippen LogP contribution in [0.1, 0.15) is 5.56 Å². The normalized spacial score (nSPS) is 9.72. The molecule has 0 bridgehead atoms. The van der Waals surface area contributed by atoms with Gasteiger partial charge in [-0.1, -0.05) is 18.2 Å². The van der Waals surface area contributed by atoms with Crippen molar-refractivity contribution < 1.29 is 10.0 Å². The Bertz CT molecular complexity index is 660. The van der Waals surface area contributed by atoms with Gasteiger partial charge in [0, 0.05) is 6.07 Å². The van der Waals surface area contributed by atoms with Crippen LogP contribution in [-0.4, -0.2) is 10.0 Å². The first-order valence-corrected chi connectivity index (χ1v) is 5.10. The highest BCUT2D eigenvalue weighted by molar-refractivity contribution is 5.69. The van der Waals surface area contributed by atoms with E-state index in [1.807, 2.05) is 6.07 Å². The minimum absolute atomic E-state index is 0.352. The van der Waals surface area contributed by atoms with Crippen molar-refractivity contribution >= 4 is 5.69 Å². The number of hydrogen-bond donors (Lipinski definition) is 1. The maximum Gasteiger partial charge on any atom is 0.311 e. The molecular formula is C13H8N2O3. The fourth-order valence-corrected chi connectivity index (χ4v) is 1.62. The standard InChI is InChI=1S/C13H8N2O3/c14-8-9-2-1-3-10(6-9)11-4-5-13(16)12(7-11)15(17)18/h1-7,16H. The van der Waals surface area contributed by atoms with Gasteiger partial charge in [0.25, 0.3) is 0 Å². The molecule has 0 atom stereocenters. The van der Waals surface area contributed by atoms with E-state index in [9.17, 15) is 15.2 Å². The van der Waals surface area contributed by atoms with Gasteiger partial charge in [-0.3, -0.25) is 10.1 Å². The lowest BCUT2D eigenvalue weighted by atomic mass is 10.0. The van der Waals surface area contributed by atoms with Gasteiger partial charge in [0.05, 0.1) is 16.6 Å². The lowest BCUT2D eigenvalue weighted by Crippen LogP contribution is -1.89. The second-order valence-electron chi connectivity index (χ2n) is 3.65. The van der Waals surface area contributed by atoms with Gasteiger partial charge in [0.1, 0.15) is 0 Å². The van der Waals surface area contributed by atoms with Crippen molar-refractivity contribution in [1.29, 1.82) is 5.26 Å². The van der Waals surface area contributed by atoms with Crippen molar-refractivity contribution in [2.24, 2.45) is 0 Å². The smallest absolute Gasteiger partial charge is 0.311 e.